The fraction of sp³-hybridized carbons (Fsp3) is 0.375. The molecule has 0 atom stereocenters. The first-order chi connectivity index (χ1) is 9.40. The van der Waals surface area contributed by atoms with Crippen molar-refractivity contribution in [1.29, 1.82) is 0 Å². The molecule has 0 spiro atoms. The highest BCUT2D eigenvalue weighted by molar-refractivity contribution is 6.29. The summed E-state index contributed by atoms with van der Waals surface area (Å²) in [6.07, 6.45) is 4.05. The topological polar surface area (TPSA) is 35.0 Å². The number of halogens is 1. The molecule has 0 aliphatic heterocycles. The highest BCUT2D eigenvalue weighted by Crippen LogP contribution is 2.34. The largest absolute Gasteiger partial charge is 0.437 e. The van der Waals surface area contributed by atoms with Crippen LogP contribution < -0.4 is 4.74 Å². The summed E-state index contributed by atoms with van der Waals surface area (Å²) in [5, 5.41) is 0.324. The van der Waals surface area contributed by atoms with E-state index in [9.17, 15) is 0 Å². The summed E-state index contributed by atoms with van der Waals surface area (Å²) in [6, 6.07) is 6.25. The van der Waals surface area contributed by atoms with Crippen LogP contribution in [0, 0.1) is 0 Å². The van der Waals surface area contributed by atoms with Gasteiger partial charge in [0.15, 0.2) is 5.15 Å². The van der Waals surface area contributed by atoms with Gasteiger partial charge in [-0.05, 0) is 23.5 Å². The molecule has 0 saturated carbocycles. The molecular formula is C16H19ClN2O. The molecular weight excluding hydrogens is 272 g/mol. The van der Waals surface area contributed by atoms with E-state index < -0.39 is 0 Å². The lowest BCUT2D eigenvalue weighted by atomic mass is 9.85. The Morgan fingerprint density at radius 1 is 1.20 bits per heavy atom. The number of rotatable bonds is 3. The van der Waals surface area contributed by atoms with Crippen molar-refractivity contribution in [1.82, 2.24) is 9.97 Å². The molecule has 0 radical (unpaired) electrons. The van der Waals surface area contributed by atoms with Crippen molar-refractivity contribution < 1.29 is 4.74 Å². The van der Waals surface area contributed by atoms with Crippen molar-refractivity contribution in [3.8, 4) is 11.6 Å². The van der Waals surface area contributed by atoms with E-state index in [0.717, 1.165) is 17.7 Å². The molecule has 0 bridgehead atoms. The summed E-state index contributed by atoms with van der Waals surface area (Å²) >= 11 is 5.83. The number of benzene rings is 1. The summed E-state index contributed by atoms with van der Waals surface area (Å²) in [4.78, 5) is 8.10. The fourth-order valence-electron chi connectivity index (χ4n) is 1.96. The number of hydrogen-bond donors (Lipinski definition) is 0. The SMILES string of the molecule is CCc1ccc(Oc2cncc(Cl)n2)c(C(C)(C)C)c1. The third-order valence-electron chi connectivity index (χ3n) is 3.06. The van der Waals surface area contributed by atoms with Crippen LogP contribution in [-0.2, 0) is 11.8 Å². The lowest BCUT2D eigenvalue weighted by molar-refractivity contribution is 0.437. The third kappa shape index (κ3) is 3.48. The van der Waals surface area contributed by atoms with Crippen LogP contribution in [0.4, 0.5) is 0 Å². The van der Waals surface area contributed by atoms with Gasteiger partial charge in [-0.15, -0.1) is 0 Å². The van der Waals surface area contributed by atoms with E-state index in [-0.39, 0.29) is 5.41 Å². The minimum atomic E-state index is -0.00742. The number of nitrogens with zero attached hydrogens (tertiary/aromatic N) is 2. The van der Waals surface area contributed by atoms with E-state index in [1.807, 2.05) is 6.07 Å². The molecule has 0 saturated heterocycles. The normalized spacial score (nSPS) is 11.4. The van der Waals surface area contributed by atoms with Gasteiger partial charge in [-0.2, -0.15) is 4.98 Å². The smallest absolute Gasteiger partial charge is 0.239 e. The molecule has 0 aliphatic rings. The van der Waals surface area contributed by atoms with E-state index in [0.29, 0.717) is 11.0 Å². The quantitative estimate of drug-likeness (QED) is 0.816. The van der Waals surface area contributed by atoms with Crippen molar-refractivity contribution in [3.05, 3.63) is 46.9 Å². The highest BCUT2D eigenvalue weighted by Gasteiger charge is 2.20. The van der Waals surface area contributed by atoms with E-state index in [1.54, 1.807) is 6.20 Å². The molecule has 20 heavy (non-hydrogen) atoms. The molecule has 2 aromatic rings. The Kier molecular flexibility index (Phi) is 4.29. The monoisotopic (exact) mass is 290 g/mol. The van der Waals surface area contributed by atoms with Crippen LogP contribution >= 0.6 is 11.6 Å². The number of hydrogen-bond acceptors (Lipinski definition) is 3. The second-order valence-electron chi connectivity index (χ2n) is 5.72. The summed E-state index contributed by atoms with van der Waals surface area (Å²) in [6.45, 7) is 8.64. The van der Waals surface area contributed by atoms with Crippen molar-refractivity contribution >= 4 is 11.6 Å². The summed E-state index contributed by atoms with van der Waals surface area (Å²) in [5.74, 6) is 1.21. The van der Waals surface area contributed by atoms with E-state index >= 15 is 0 Å². The van der Waals surface area contributed by atoms with Crippen LogP contribution in [0.15, 0.2) is 30.6 Å². The number of aromatic nitrogens is 2. The van der Waals surface area contributed by atoms with Gasteiger partial charge >= 0.3 is 0 Å². The highest BCUT2D eigenvalue weighted by atomic mass is 35.5. The minimum absolute atomic E-state index is 0.00742. The maximum absolute atomic E-state index is 5.86. The van der Waals surface area contributed by atoms with E-state index in [2.05, 4.69) is 49.8 Å². The first-order valence-corrected chi connectivity index (χ1v) is 7.06. The molecule has 106 valence electrons. The van der Waals surface area contributed by atoms with Gasteiger partial charge in [0.2, 0.25) is 5.88 Å². The molecule has 0 aliphatic carbocycles. The van der Waals surface area contributed by atoms with Crippen LogP contribution in [0.5, 0.6) is 11.6 Å². The van der Waals surface area contributed by atoms with Crippen LogP contribution in [0.2, 0.25) is 5.15 Å². The lowest BCUT2D eigenvalue weighted by Crippen LogP contribution is -2.13. The fourth-order valence-corrected chi connectivity index (χ4v) is 2.10. The zero-order valence-corrected chi connectivity index (χ0v) is 13.0. The van der Waals surface area contributed by atoms with Gasteiger partial charge < -0.3 is 4.74 Å². The van der Waals surface area contributed by atoms with Gasteiger partial charge in [0, 0.05) is 5.56 Å². The van der Waals surface area contributed by atoms with E-state index in [1.165, 1.54) is 11.8 Å². The molecule has 1 aromatic heterocycles. The first-order valence-electron chi connectivity index (χ1n) is 6.69. The average molecular weight is 291 g/mol. The third-order valence-corrected chi connectivity index (χ3v) is 3.24. The van der Waals surface area contributed by atoms with Crippen LogP contribution in [0.3, 0.4) is 0 Å². The van der Waals surface area contributed by atoms with Gasteiger partial charge in [-0.25, -0.2) is 0 Å². The standard InChI is InChI=1S/C16H19ClN2O/c1-5-11-6-7-13(12(8-11)16(2,3)4)20-15-10-18-9-14(17)19-15/h6-10H,5H2,1-4H3. The van der Waals surface area contributed by atoms with Gasteiger partial charge in [0.25, 0.3) is 0 Å². The average Bonchev–Trinajstić information content (AvgIpc) is 2.38. The maximum atomic E-state index is 5.86. The van der Waals surface area contributed by atoms with Crippen molar-refractivity contribution in [2.24, 2.45) is 0 Å². The van der Waals surface area contributed by atoms with Crippen molar-refractivity contribution in [2.45, 2.75) is 39.5 Å². The Balaban J connectivity index is 2.41. The molecule has 0 fully saturated rings. The molecule has 1 heterocycles. The maximum Gasteiger partial charge on any atom is 0.239 e. The summed E-state index contributed by atoms with van der Waals surface area (Å²) in [5.41, 5.74) is 2.44. The Labute approximate surface area is 125 Å². The van der Waals surface area contributed by atoms with Crippen LogP contribution in [0.25, 0.3) is 0 Å². The molecule has 4 heteroatoms. The summed E-state index contributed by atoms with van der Waals surface area (Å²) < 4.78 is 5.86. The van der Waals surface area contributed by atoms with Crippen molar-refractivity contribution in [2.75, 3.05) is 0 Å². The number of ether oxygens (including phenoxy) is 1. The van der Waals surface area contributed by atoms with Crippen LogP contribution in [-0.4, -0.2) is 9.97 Å². The second-order valence-corrected chi connectivity index (χ2v) is 6.10. The Hall–Kier alpha value is -1.61. The van der Waals surface area contributed by atoms with Crippen LogP contribution in [0.1, 0.15) is 38.8 Å². The zero-order chi connectivity index (χ0) is 14.8. The Bertz CT molecular complexity index is 606. The van der Waals surface area contributed by atoms with Crippen molar-refractivity contribution in [3.63, 3.8) is 0 Å². The summed E-state index contributed by atoms with van der Waals surface area (Å²) in [7, 11) is 0. The predicted molar refractivity (Wildman–Crippen MR) is 81.6 cm³/mol. The second kappa shape index (κ2) is 5.80. The first kappa shape index (κ1) is 14.8. The molecule has 0 unspecified atom stereocenters. The van der Waals surface area contributed by atoms with Gasteiger partial charge in [0.1, 0.15) is 5.75 Å². The van der Waals surface area contributed by atoms with Gasteiger partial charge in [0.05, 0.1) is 12.4 Å². The molecule has 1 aromatic carbocycles. The molecule has 0 amide bonds. The minimum Gasteiger partial charge on any atom is -0.437 e. The Morgan fingerprint density at radius 2 is 1.95 bits per heavy atom. The zero-order valence-electron chi connectivity index (χ0n) is 12.3. The van der Waals surface area contributed by atoms with Gasteiger partial charge in [-0.3, -0.25) is 4.98 Å². The van der Waals surface area contributed by atoms with Gasteiger partial charge in [-0.1, -0.05) is 51.4 Å². The predicted octanol–water partition coefficient (Wildman–Crippen LogP) is 4.78. The molecule has 0 N–H and O–H groups in total. The number of aryl methyl sites for hydroxylation is 1. The lowest BCUT2D eigenvalue weighted by Gasteiger charge is -2.23. The Morgan fingerprint density at radius 3 is 2.55 bits per heavy atom. The van der Waals surface area contributed by atoms with E-state index in [4.69, 9.17) is 16.3 Å². The molecule has 2 rings (SSSR count). The molecule has 3 nitrogen and oxygen atoms in total.